The van der Waals surface area contributed by atoms with Crippen LogP contribution in [0.25, 0.3) is 0 Å². The van der Waals surface area contributed by atoms with E-state index >= 15 is 0 Å². The molecular formula is C23H23N3O6S2. The SMILES string of the molecule is CS(=O)(=O)Nc1ccc(Cc2ccccc2)cc1Cc1ccc(N2C=C(O)NS2(=O)=O)c(O)c1. The number of aromatic hydroxyl groups is 1. The predicted octanol–water partition coefficient (Wildman–Crippen LogP) is 2.96. The van der Waals surface area contributed by atoms with Gasteiger partial charge in [0.25, 0.3) is 0 Å². The number of aliphatic hydroxyl groups is 1. The van der Waals surface area contributed by atoms with E-state index in [0.29, 0.717) is 23.2 Å². The second-order valence-corrected chi connectivity index (χ2v) is 11.2. The predicted molar refractivity (Wildman–Crippen MR) is 130 cm³/mol. The third-order valence-corrected chi connectivity index (χ3v) is 7.00. The van der Waals surface area contributed by atoms with E-state index in [2.05, 4.69) is 4.72 Å². The summed E-state index contributed by atoms with van der Waals surface area (Å²) in [4.78, 5) is 0. The van der Waals surface area contributed by atoms with Crippen LogP contribution in [0.5, 0.6) is 5.75 Å². The molecule has 0 spiro atoms. The zero-order valence-corrected chi connectivity index (χ0v) is 19.8. The van der Waals surface area contributed by atoms with Crippen LogP contribution < -0.4 is 13.7 Å². The topological polar surface area (TPSA) is 136 Å². The van der Waals surface area contributed by atoms with Crippen molar-refractivity contribution in [3.63, 3.8) is 0 Å². The molecular weight excluding hydrogens is 478 g/mol. The van der Waals surface area contributed by atoms with Gasteiger partial charge >= 0.3 is 10.2 Å². The maximum atomic E-state index is 12.1. The van der Waals surface area contributed by atoms with Gasteiger partial charge in [0.1, 0.15) is 11.4 Å². The van der Waals surface area contributed by atoms with Crippen LogP contribution in [-0.2, 0) is 33.1 Å². The fourth-order valence-electron chi connectivity index (χ4n) is 3.71. The van der Waals surface area contributed by atoms with Gasteiger partial charge in [0.15, 0.2) is 0 Å². The molecule has 0 aliphatic carbocycles. The van der Waals surface area contributed by atoms with Crippen molar-refractivity contribution >= 4 is 31.6 Å². The van der Waals surface area contributed by atoms with Crippen molar-refractivity contribution in [3.05, 3.63) is 101 Å². The zero-order chi connectivity index (χ0) is 24.5. The Kier molecular flexibility index (Phi) is 6.15. The average molecular weight is 502 g/mol. The van der Waals surface area contributed by atoms with E-state index in [1.54, 1.807) is 12.1 Å². The van der Waals surface area contributed by atoms with Gasteiger partial charge < -0.3 is 10.2 Å². The molecule has 0 unspecified atom stereocenters. The van der Waals surface area contributed by atoms with Crippen LogP contribution in [0, 0.1) is 0 Å². The van der Waals surface area contributed by atoms with Crippen LogP contribution >= 0.6 is 0 Å². The van der Waals surface area contributed by atoms with Gasteiger partial charge in [-0.2, -0.15) is 8.42 Å². The highest BCUT2D eigenvalue weighted by Gasteiger charge is 2.30. The van der Waals surface area contributed by atoms with Gasteiger partial charge in [-0.15, -0.1) is 0 Å². The van der Waals surface area contributed by atoms with E-state index in [1.807, 2.05) is 47.2 Å². The minimum atomic E-state index is -4.04. The van der Waals surface area contributed by atoms with Crippen molar-refractivity contribution in [2.24, 2.45) is 0 Å². The van der Waals surface area contributed by atoms with E-state index in [9.17, 15) is 27.0 Å². The molecule has 0 amide bonds. The Morgan fingerprint density at radius 3 is 2.21 bits per heavy atom. The molecule has 3 aromatic carbocycles. The van der Waals surface area contributed by atoms with Crippen LogP contribution in [0.1, 0.15) is 22.3 Å². The zero-order valence-electron chi connectivity index (χ0n) is 18.1. The fourth-order valence-corrected chi connectivity index (χ4v) is 5.37. The van der Waals surface area contributed by atoms with Gasteiger partial charge in [0.2, 0.25) is 15.9 Å². The summed E-state index contributed by atoms with van der Waals surface area (Å²) in [6.07, 6.45) is 2.96. The lowest BCUT2D eigenvalue weighted by atomic mass is 9.97. The number of rotatable bonds is 7. The first-order valence-corrected chi connectivity index (χ1v) is 13.5. The lowest BCUT2D eigenvalue weighted by Gasteiger charge is -2.17. The number of sulfonamides is 1. The summed E-state index contributed by atoms with van der Waals surface area (Å²) in [5, 5.41) is 20.0. The Morgan fingerprint density at radius 1 is 0.912 bits per heavy atom. The van der Waals surface area contributed by atoms with Gasteiger partial charge in [-0.05, 0) is 53.3 Å². The first-order chi connectivity index (χ1) is 16.0. The number of phenolic OH excluding ortho intramolecular Hbond substituents is 1. The van der Waals surface area contributed by atoms with E-state index in [1.165, 1.54) is 12.1 Å². The van der Waals surface area contributed by atoms with Gasteiger partial charge in [0.05, 0.1) is 18.1 Å². The third kappa shape index (κ3) is 5.43. The Balaban J connectivity index is 1.66. The summed E-state index contributed by atoms with van der Waals surface area (Å²) in [6, 6.07) is 19.8. The van der Waals surface area contributed by atoms with Crippen LogP contribution in [0.4, 0.5) is 11.4 Å². The minimum absolute atomic E-state index is 0.0346. The Morgan fingerprint density at radius 2 is 1.59 bits per heavy atom. The molecule has 0 aromatic heterocycles. The lowest BCUT2D eigenvalue weighted by molar-refractivity contribution is 0.392. The normalized spacial score (nSPS) is 15.0. The van der Waals surface area contributed by atoms with Crippen LogP contribution in [0.2, 0.25) is 0 Å². The lowest BCUT2D eigenvalue weighted by Crippen LogP contribution is -2.29. The molecule has 0 saturated carbocycles. The molecule has 4 N–H and O–H groups in total. The number of anilines is 2. The van der Waals surface area contributed by atoms with E-state index < -0.39 is 26.1 Å². The molecule has 0 bridgehead atoms. The summed E-state index contributed by atoms with van der Waals surface area (Å²) in [6.45, 7) is 0. The number of phenols is 1. The number of nitrogens with one attached hydrogen (secondary N) is 2. The Labute approximate surface area is 198 Å². The van der Waals surface area contributed by atoms with Crippen molar-refractivity contribution in [3.8, 4) is 5.75 Å². The monoisotopic (exact) mass is 501 g/mol. The van der Waals surface area contributed by atoms with Gasteiger partial charge in [-0.3, -0.25) is 4.72 Å². The molecule has 4 rings (SSSR count). The maximum absolute atomic E-state index is 12.1. The van der Waals surface area contributed by atoms with Gasteiger partial charge in [0, 0.05) is 0 Å². The Hall–Kier alpha value is -3.70. The van der Waals surface area contributed by atoms with Gasteiger partial charge in [-0.25, -0.2) is 17.4 Å². The molecule has 0 saturated heterocycles. The standard InChI is InChI=1S/C23H23N3O6S2/c1-33(29,30)24-20-9-7-17(11-16-5-3-2-4-6-16)12-19(20)13-18-8-10-21(22(27)14-18)26-15-23(28)25-34(26,31)32/h2-10,12,14-15,24-25,27-28H,11,13H2,1H3. The van der Waals surface area contributed by atoms with Crippen molar-refractivity contribution in [2.75, 3.05) is 15.3 Å². The number of hydrogen-bond donors (Lipinski definition) is 4. The second-order valence-electron chi connectivity index (χ2n) is 7.95. The maximum Gasteiger partial charge on any atom is 0.330 e. The molecule has 34 heavy (non-hydrogen) atoms. The number of aliphatic hydroxyl groups excluding tert-OH is 1. The summed E-state index contributed by atoms with van der Waals surface area (Å²) < 4.78 is 53.1. The molecule has 1 heterocycles. The fraction of sp³-hybridized carbons (Fsp3) is 0.130. The highest BCUT2D eigenvalue weighted by Crippen LogP contribution is 2.34. The Bertz CT molecular complexity index is 1470. The van der Waals surface area contributed by atoms with Crippen molar-refractivity contribution in [1.82, 2.24) is 4.72 Å². The first-order valence-electron chi connectivity index (χ1n) is 10.2. The number of nitrogens with zero attached hydrogens (tertiary/aromatic N) is 1. The molecule has 1 aliphatic rings. The molecule has 1 aliphatic heterocycles. The molecule has 0 fully saturated rings. The molecule has 0 atom stereocenters. The average Bonchev–Trinajstić information content (AvgIpc) is 3.01. The quantitative estimate of drug-likeness (QED) is 0.393. The van der Waals surface area contributed by atoms with Gasteiger partial charge in [-0.1, -0.05) is 48.5 Å². The van der Waals surface area contributed by atoms with Crippen LogP contribution in [-0.4, -0.2) is 33.3 Å². The van der Waals surface area contributed by atoms with E-state index in [-0.39, 0.29) is 17.9 Å². The summed E-state index contributed by atoms with van der Waals surface area (Å²) in [5.41, 5.74) is 3.80. The van der Waals surface area contributed by atoms with Crippen LogP contribution in [0.15, 0.2) is 78.8 Å². The number of hydrogen-bond acceptors (Lipinski definition) is 6. The minimum Gasteiger partial charge on any atom is -0.506 e. The summed E-state index contributed by atoms with van der Waals surface area (Å²) in [7, 11) is -7.56. The molecule has 178 valence electrons. The molecule has 3 aromatic rings. The smallest absolute Gasteiger partial charge is 0.330 e. The molecule has 9 nitrogen and oxygen atoms in total. The molecule has 0 radical (unpaired) electrons. The first kappa shape index (κ1) is 23.5. The van der Waals surface area contributed by atoms with Crippen LogP contribution in [0.3, 0.4) is 0 Å². The largest absolute Gasteiger partial charge is 0.506 e. The van der Waals surface area contributed by atoms with Crippen molar-refractivity contribution < 1.29 is 27.0 Å². The third-order valence-electron chi connectivity index (χ3n) is 5.12. The number of benzene rings is 3. The summed E-state index contributed by atoms with van der Waals surface area (Å²) in [5.74, 6) is -0.873. The summed E-state index contributed by atoms with van der Waals surface area (Å²) >= 11 is 0. The van der Waals surface area contributed by atoms with E-state index in [0.717, 1.165) is 27.9 Å². The second kappa shape index (κ2) is 8.92. The highest BCUT2D eigenvalue weighted by atomic mass is 32.2. The highest BCUT2D eigenvalue weighted by molar-refractivity contribution is 7.92. The van der Waals surface area contributed by atoms with Crippen molar-refractivity contribution in [2.45, 2.75) is 12.8 Å². The van der Waals surface area contributed by atoms with E-state index in [4.69, 9.17) is 0 Å². The van der Waals surface area contributed by atoms with Crippen molar-refractivity contribution in [1.29, 1.82) is 0 Å². The molecule has 11 heteroatoms.